The highest BCUT2D eigenvalue weighted by atomic mass is 19.1. The molecule has 8 nitrogen and oxygen atoms in total. The Morgan fingerprint density at radius 1 is 1.27 bits per heavy atom. The van der Waals surface area contributed by atoms with Gasteiger partial charge in [0.1, 0.15) is 5.82 Å². The van der Waals surface area contributed by atoms with Gasteiger partial charge < -0.3 is 16.0 Å². The van der Waals surface area contributed by atoms with Crippen molar-refractivity contribution < 1.29 is 9.31 Å². The van der Waals surface area contributed by atoms with Crippen molar-refractivity contribution in [2.75, 3.05) is 29.0 Å². The topological polar surface area (TPSA) is 110 Å². The van der Waals surface area contributed by atoms with Crippen molar-refractivity contribution in [2.45, 2.75) is 20.3 Å². The van der Waals surface area contributed by atoms with Gasteiger partial charge in [0.05, 0.1) is 10.6 Å². The fraction of sp³-hybridized carbons (Fsp3) is 0.412. The van der Waals surface area contributed by atoms with E-state index in [-0.39, 0.29) is 29.0 Å². The summed E-state index contributed by atoms with van der Waals surface area (Å²) in [4.78, 5) is 21.0. The predicted molar refractivity (Wildman–Crippen MR) is 97.9 cm³/mol. The van der Waals surface area contributed by atoms with Crippen LogP contribution in [0.5, 0.6) is 0 Å². The van der Waals surface area contributed by atoms with Crippen LogP contribution in [0.2, 0.25) is 0 Å². The van der Waals surface area contributed by atoms with Crippen molar-refractivity contribution in [1.82, 2.24) is 9.97 Å². The smallest absolute Gasteiger partial charge is 0.353 e. The van der Waals surface area contributed by atoms with E-state index >= 15 is 0 Å². The number of halogens is 1. The molecule has 1 fully saturated rings. The molecule has 0 amide bonds. The molecule has 1 aromatic heterocycles. The Bertz CT molecular complexity index is 821. The van der Waals surface area contributed by atoms with Crippen LogP contribution >= 0.6 is 0 Å². The van der Waals surface area contributed by atoms with Crippen LogP contribution in [0, 0.1) is 27.8 Å². The standard InChI is InChI=1S/C17H21FN6O2/c1-10-7-11(2)9-23(8-10)16-14(24(25)26)15(19)21-17(22-16)20-13-6-4-3-5-12(13)18/h3-6,10-11H,7-9H2,1-2H3,(H3,19,20,21,22)/t10-,11-/m0/s1. The average molecular weight is 360 g/mol. The first-order chi connectivity index (χ1) is 12.3. The van der Waals surface area contributed by atoms with Gasteiger partial charge in [-0.1, -0.05) is 26.0 Å². The summed E-state index contributed by atoms with van der Waals surface area (Å²) >= 11 is 0. The summed E-state index contributed by atoms with van der Waals surface area (Å²) in [6.07, 6.45) is 1.05. The minimum absolute atomic E-state index is 0.0269. The Hall–Kier alpha value is -2.97. The monoisotopic (exact) mass is 360 g/mol. The third-order valence-corrected chi connectivity index (χ3v) is 4.36. The van der Waals surface area contributed by atoms with Crippen LogP contribution in [-0.4, -0.2) is 28.0 Å². The van der Waals surface area contributed by atoms with Gasteiger partial charge in [0.2, 0.25) is 17.6 Å². The Morgan fingerprint density at radius 3 is 2.54 bits per heavy atom. The van der Waals surface area contributed by atoms with Crippen molar-refractivity contribution in [3.05, 3.63) is 40.2 Å². The molecule has 0 bridgehead atoms. The molecule has 2 atom stereocenters. The molecule has 0 radical (unpaired) electrons. The maximum absolute atomic E-state index is 13.9. The number of aromatic nitrogens is 2. The molecule has 3 rings (SSSR count). The molecule has 138 valence electrons. The number of para-hydroxylation sites is 1. The van der Waals surface area contributed by atoms with E-state index in [2.05, 4.69) is 29.1 Å². The highest BCUT2D eigenvalue weighted by molar-refractivity contribution is 5.72. The fourth-order valence-corrected chi connectivity index (χ4v) is 3.43. The maximum Gasteiger partial charge on any atom is 0.353 e. The number of hydrogen-bond donors (Lipinski definition) is 2. The van der Waals surface area contributed by atoms with Gasteiger partial charge in [-0.2, -0.15) is 9.97 Å². The lowest BCUT2D eigenvalue weighted by atomic mass is 9.92. The van der Waals surface area contributed by atoms with Gasteiger partial charge in [-0.05, 0) is 30.4 Å². The van der Waals surface area contributed by atoms with E-state index in [0.717, 1.165) is 6.42 Å². The van der Waals surface area contributed by atoms with E-state index in [1.54, 1.807) is 12.1 Å². The fourth-order valence-electron chi connectivity index (χ4n) is 3.43. The highest BCUT2D eigenvalue weighted by Gasteiger charge is 2.31. The van der Waals surface area contributed by atoms with Gasteiger partial charge in [-0.15, -0.1) is 0 Å². The molecule has 3 N–H and O–H groups in total. The predicted octanol–water partition coefficient (Wildman–Crippen LogP) is 3.33. The number of anilines is 4. The quantitative estimate of drug-likeness (QED) is 0.635. The molecular formula is C17H21FN6O2. The molecule has 1 saturated heterocycles. The van der Waals surface area contributed by atoms with Gasteiger partial charge in [-0.3, -0.25) is 10.1 Å². The first kappa shape index (κ1) is 17.8. The maximum atomic E-state index is 13.9. The van der Waals surface area contributed by atoms with Crippen molar-refractivity contribution in [3.63, 3.8) is 0 Å². The SMILES string of the molecule is C[C@H]1C[C@H](C)CN(c2nc(Nc3ccccc3F)nc(N)c2[N+](=O)[O-])C1. The Balaban J connectivity index is 2.02. The zero-order valence-electron chi connectivity index (χ0n) is 14.6. The molecule has 1 aromatic carbocycles. The Morgan fingerprint density at radius 2 is 1.92 bits per heavy atom. The number of benzene rings is 1. The molecular weight excluding hydrogens is 339 g/mol. The van der Waals surface area contributed by atoms with Crippen molar-refractivity contribution in [2.24, 2.45) is 11.8 Å². The van der Waals surface area contributed by atoms with Gasteiger partial charge in [0, 0.05) is 13.1 Å². The minimum atomic E-state index is -0.568. The zero-order valence-corrected chi connectivity index (χ0v) is 14.6. The second-order valence-electron chi connectivity index (χ2n) is 6.82. The van der Waals surface area contributed by atoms with Crippen LogP contribution < -0.4 is 16.0 Å². The summed E-state index contributed by atoms with van der Waals surface area (Å²) < 4.78 is 13.9. The van der Waals surface area contributed by atoms with Crippen LogP contribution in [0.4, 0.5) is 33.3 Å². The molecule has 0 aliphatic carbocycles. The van der Waals surface area contributed by atoms with Crippen LogP contribution in [0.15, 0.2) is 24.3 Å². The second kappa shape index (κ2) is 7.11. The number of nitro groups is 1. The molecule has 2 aromatic rings. The summed E-state index contributed by atoms with van der Waals surface area (Å²) in [5.74, 6) is 0.216. The van der Waals surface area contributed by atoms with Crippen molar-refractivity contribution in [3.8, 4) is 0 Å². The van der Waals surface area contributed by atoms with Crippen LogP contribution in [0.1, 0.15) is 20.3 Å². The first-order valence-electron chi connectivity index (χ1n) is 8.43. The highest BCUT2D eigenvalue weighted by Crippen LogP contribution is 2.36. The molecule has 9 heteroatoms. The van der Waals surface area contributed by atoms with Crippen molar-refractivity contribution in [1.29, 1.82) is 0 Å². The lowest BCUT2D eigenvalue weighted by Crippen LogP contribution is -2.39. The number of rotatable bonds is 4. The third kappa shape index (κ3) is 3.66. The normalized spacial score (nSPS) is 20.0. The lowest BCUT2D eigenvalue weighted by Gasteiger charge is -2.35. The molecule has 0 spiro atoms. The summed E-state index contributed by atoms with van der Waals surface area (Å²) in [5.41, 5.74) is 5.70. The van der Waals surface area contributed by atoms with E-state index < -0.39 is 10.7 Å². The van der Waals surface area contributed by atoms with Gasteiger partial charge in [0.25, 0.3) is 0 Å². The zero-order chi connectivity index (χ0) is 18.8. The number of piperidine rings is 1. The van der Waals surface area contributed by atoms with Gasteiger partial charge in [-0.25, -0.2) is 4.39 Å². The summed E-state index contributed by atoms with van der Waals surface area (Å²) in [6, 6.07) is 6.05. The van der Waals surface area contributed by atoms with Crippen molar-refractivity contribution >= 4 is 29.0 Å². The van der Waals surface area contributed by atoms with Crippen LogP contribution in [-0.2, 0) is 0 Å². The number of hydrogen-bond acceptors (Lipinski definition) is 7. The van der Waals surface area contributed by atoms with Crippen LogP contribution in [0.25, 0.3) is 0 Å². The Labute approximate surface area is 150 Å². The molecule has 1 aliphatic rings. The summed E-state index contributed by atoms with van der Waals surface area (Å²) in [5, 5.41) is 14.3. The summed E-state index contributed by atoms with van der Waals surface area (Å²) in [6.45, 7) is 5.47. The van der Waals surface area contributed by atoms with E-state index in [4.69, 9.17) is 5.73 Å². The van der Waals surface area contributed by atoms with Crippen LogP contribution in [0.3, 0.4) is 0 Å². The molecule has 0 unspecified atom stereocenters. The second-order valence-corrected chi connectivity index (χ2v) is 6.82. The molecule has 26 heavy (non-hydrogen) atoms. The summed E-state index contributed by atoms with van der Waals surface area (Å²) in [7, 11) is 0. The van der Waals surface area contributed by atoms with E-state index in [0.29, 0.717) is 24.9 Å². The number of nitrogens with one attached hydrogen (secondary N) is 1. The van der Waals surface area contributed by atoms with E-state index in [9.17, 15) is 14.5 Å². The van der Waals surface area contributed by atoms with E-state index in [1.807, 2.05) is 4.90 Å². The first-order valence-corrected chi connectivity index (χ1v) is 8.43. The van der Waals surface area contributed by atoms with E-state index in [1.165, 1.54) is 12.1 Å². The largest absolute Gasteiger partial charge is 0.378 e. The van der Waals surface area contributed by atoms with Gasteiger partial charge in [0.15, 0.2) is 0 Å². The minimum Gasteiger partial charge on any atom is -0.378 e. The third-order valence-electron chi connectivity index (χ3n) is 4.36. The number of nitrogen functional groups attached to an aromatic ring is 1. The lowest BCUT2D eigenvalue weighted by molar-refractivity contribution is -0.383. The van der Waals surface area contributed by atoms with Gasteiger partial charge >= 0.3 is 5.69 Å². The molecule has 0 saturated carbocycles. The number of nitrogens with two attached hydrogens (primary N) is 1. The molecule has 1 aliphatic heterocycles. The average Bonchev–Trinajstić information content (AvgIpc) is 2.55. The number of nitrogens with zero attached hydrogens (tertiary/aromatic N) is 4. The Kier molecular flexibility index (Phi) is 4.88. The molecule has 2 heterocycles.